The highest BCUT2D eigenvalue weighted by molar-refractivity contribution is 6.30. The molecule has 36 heavy (non-hydrogen) atoms. The van der Waals surface area contributed by atoms with E-state index in [2.05, 4.69) is 40.8 Å². The average molecular weight is 500 g/mol. The molecule has 6 nitrogen and oxygen atoms in total. The molecule has 184 valence electrons. The number of fused-ring (bicyclic) bond motifs is 1. The zero-order valence-electron chi connectivity index (χ0n) is 20.7. The van der Waals surface area contributed by atoms with Gasteiger partial charge in [-0.15, -0.1) is 0 Å². The average Bonchev–Trinajstić information content (AvgIpc) is 3.80. The third-order valence-corrected chi connectivity index (χ3v) is 8.04. The van der Waals surface area contributed by atoms with Gasteiger partial charge in [0, 0.05) is 48.6 Å². The Hall–Kier alpha value is -3.17. The lowest BCUT2D eigenvalue weighted by atomic mass is 9.94. The Morgan fingerprint density at radius 2 is 1.94 bits per heavy atom. The molecule has 1 aliphatic heterocycles. The summed E-state index contributed by atoms with van der Waals surface area (Å²) in [5.74, 6) is 2.01. The lowest BCUT2D eigenvalue weighted by Gasteiger charge is -2.44. The number of halogens is 1. The number of amides is 1. The maximum absolute atomic E-state index is 13.0. The van der Waals surface area contributed by atoms with Gasteiger partial charge in [0.2, 0.25) is 5.91 Å². The molecule has 1 saturated heterocycles. The topological polar surface area (TPSA) is 73.1 Å². The quantitative estimate of drug-likeness (QED) is 0.416. The van der Waals surface area contributed by atoms with E-state index in [0.29, 0.717) is 48.1 Å². The van der Waals surface area contributed by atoms with Gasteiger partial charge in [-0.2, -0.15) is 5.26 Å². The van der Waals surface area contributed by atoms with E-state index in [1.54, 1.807) is 6.20 Å². The Kier molecular flexibility index (Phi) is 5.84. The first kappa shape index (κ1) is 23.2. The van der Waals surface area contributed by atoms with Crippen LogP contribution in [-0.2, 0) is 4.79 Å². The summed E-state index contributed by atoms with van der Waals surface area (Å²) in [6.45, 7) is 6.44. The lowest BCUT2D eigenvalue weighted by molar-refractivity contribution is -0.136. The highest BCUT2D eigenvalue weighted by atomic mass is 35.5. The fraction of sp³-hybridized carbons (Fsp3) is 0.448. The maximum atomic E-state index is 13.0. The summed E-state index contributed by atoms with van der Waals surface area (Å²) in [4.78, 5) is 26.7. The van der Waals surface area contributed by atoms with Gasteiger partial charge in [0.25, 0.3) is 0 Å². The molecule has 3 heterocycles. The highest BCUT2D eigenvalue weighted by Crippen LogP contribution is 2.46. The Balaban J connectivity index is 1.41. The Labute approximate surface area is 216 Å². The number of anilines is 1. The number of benzene rings is 1. The molecule has 1 aromatic carbocycles. The van der Waals surface area contributed by atoms with Crippen molar-refractivity contribution in [3.63, 3.8) is 0 Å². The second-order valence-electron chi connectivity index (χ2n) is 10.8. The molecule has 3 fully saturated rings. The van der Waals surface area contributed by atoms with Crippen molar-refractivity contribution in [2.45, 2.75) is 51.5 Å². The number of pyridine rings is 2. The number of aromatic nitrogens is 2. The summed E-state index contributed by atoms with van der Waals surface area (Å²) in [5.41, 5.74) is 3.68. The predicted octanol–water partition coefficient (Wildman–Crippen LogP) is 5.78. The van der Waals surface area contributed by atoms with E-state index in [1.165, 1.54) is 0 Å². The van der Waals surface area contributed by atoms with Crippen LogP contribution in [0.4, 0.5) is 5.82 Å². The van der Waals surface area contributed by atoms with Crippen LogP contribution in [0, 0.1) is 23.2 Å². The second-order valence-corrected chi connectivity index (χ2v) is 11.2. The van der Waals surface area contributed by atoms with E-state index < -0.39 is 0 Å². The van der Waals surface area contributed by atoms with Crippen LogP contribution in [0.1, 0.15) is 56.7 Å². The zero-order chi connectivity index (χ0) is 25.0. The molecule has 2 saturated carbocycles. The van der Waals surface area contributed by atoms with Crippen molar-refractivity contribution in [1.29, 1.82) is 5.26 Å². The first-order valence-corrected chi connectivity index (χ1v) is 13.4. The van der Waals surface area contributed by atoms with E-state index in [0.717, 1.165) is 59.1 Å². The summed E-state index contributed by atoms with van der Waals surface area (Å²) in [5, 5.41) is 12.7. The number of hydrogen-bond acceptors (Lipinski definition) is 5. The van der Waals surface area contributed by atoms with Gasteiger partial charge in [-0.3, -0.25) is 4.79 Å². The molecule has 0 radical (unpaired) electrons. The van der Waals surface area contributed by atoms with Crippen molar-refractivity contribution in [2.75, 3.05) is 24.5 Å². The molecule has 1 unspecified atom stereocenters. The van der Waals surface area contributed by atoms with Crippen LogP contribution in [0.3, 0.4) is 0 Å². The second kappa shape index (κ2) is 9.05. The van der Waals surface area contributed by atoms with E-state index in [4.69, 9.17) is 16.6 Å². The van der Waals surface area contributed by atoms with Gasteiger partial charge in [0.1, 0.15) is 17.0 Å². The van der Waals surface area contributed by atoms with Gasteiger partial charge in [0.15, 0.2) is 0 Å². The monoisotopic (exact) mass is 499 g/mol. The number of carbonyl (C=O) groups is 1. The molecule has 1 atom stereocenters. The number of nitriles is 1. The lowest BCUT2D eigenvalue weighted by Crippen LogP contribution is -2.58. The molecule has 7 heteroatoms. The van der Waals surface area contributed by atoms with Gasteiger partial charge in [-0.25, -0.2) is 9.97 Å². The summed E-state index contributed by atoms with van der Waals surface area (Å²) >= 11 is 6.26. The van der Waals surface area contributed by atoms with Crippen molar-refractivity contribution in [2.24, 2.45) is 11.8 Å². The molecule has 0 bridgehead atoms. The van der Waals surface area contributed by atoms with Crippen LogP contribution < -0.4 is 4.90 Å². The molecular weight excluding hydrogens is 470 g/mol. The van der Waals surface area contributed by atoms with Crippen molar-refractivity contribution in [3.05, 3.63) is 52.9 Å². The number of rotatable bonds is 5. The molecular formula is C29H30ClN5O. The third-order valence-electron chi connectivity index (χ3n) is 7.83. The predicted molar refractivity (Wildman–Crippen MR) is 142 cm³/mol. The number of carbonyl (C=O) groups excluding carboxylic acids is 1. The largest absolute Gasteiger partial charge is 0.352 e. The van der Waals surface area contributed by atoms with Gasteiger partial charge >= 0.3 is 0 Å². The van der Waals surface area contributed by atoms with Gasteiger partial charge in [-0.1, -0.05) is 43.6 Å². The van der Waals surface area contributed by atoms with E-state index in [9.17, 15) is 10.1 Å². The van der Waals surface area contributed by atoms with E-state index in [1.807, 2.05) is 24.3 Å². The Morgan fingerprint density at radius 1 is 1.14 bits per heavy atom. The summed E-state index contributed by atoms with van der Waals surface area (Å²) in [6.07, 6.45) is 6.05. The molecule has 0 N–H and O–H groups in total. The van der Waals surface area contributed by atoms with E-state index >= 15 is 0 Å². The minimum atomic E-state index is 0.122. The molecule has 3 aliphatic rings. The molecule has 3 aromatic rings. The van der Waals surface area contributed by atoms with Crippen LogP contribution in [0.25, 0.3) is 21.9 Å². The minimum absolute atomic E-state index is 0.122. The molecule has 2 aromatic heterocycles. The molecule has 6 rings (SSSR count). The normalized spacial score (nSPS) is 20.1. The third kappa shape index (κ3) is 4.20. The van der Waals surface area contributed by atoms with Gasteiger partial charge in [0.05, 0.1) is 17.3 Å². The Morgan fingerprint density at radius 3 is 2.64 bits per heavy atom. The van der Waals surface area contributed by atoms with Gasteiger partial charge < -0.3 is 9.80 Å². The smallest absolute Gasteiger partial charge is 0.226 e. The number of piperazine rings is 1. The van der Waals surface area contributed by atoms with Crippen LogP contribution in [0.5, 0.6) is 0 Å². The fourth-order valence-corrected chi connectivity index (χ4v) is 5.67. The fourth-order valence-electron chi connectivity index (χ4n) is 5.51. The SMILES string of the molecule is CC(C)C1CN(c2nc(C3CC3)c(-c3cccc4cnc(Cl)cc34)cc2C#N)CCN1C(=O)C1CC1. The van der Waals surface area contributed by atoms with Crippen LogP contribution >= 0.6 is 11.6 Å². The minimum Gasteiger partial charge on any atom is -0.352 e. The van der Waals surface area contributed by atoms with Gasteiger partial charge in [-0.05, 0) is 54.7 Å². The first-order valence-electron chi connectivity index (χ1n) is 13.0. The first-order chi connectivity index (χ1) is 17.4. The van der Waals surface area contributed by atoms with Crippen molar-refractivity contribution in [1.82, 2.24) is 14.9 Å². The van der Waals surface area contributed by atoms with Crippen molar-refractivity contribution < 1.29 is 4.79 Å². The summed E-state index contributed by atoms with van der Waals surface area (Å²) in [7, 11) is 0. The summed E-state index contributed by atoms with van der Waals surface area (Å²) < 4.78 is 0. The molecule has 0 spiro atoms. The number of hydrogen-bond donors (Lipinski definition) is 0. The zero-order valence-corrected chi connectivity index (χ0v) is 21.5. The molecule has 2 aliphatic carbocycles. The maximum Gasteiger partial charge on any atom is 0.226 e. The van der Waals surface area contributed by atoms with Crippen LogP contribution in [0.15, 0.2) is 36.5 Å². The van der Waals surface area contributed by atoms with Crippen molar-refractivity contribution >= 4 is 34.1 Å². The molecule has 1 amide bonds. The standard InChI is InChI=1S/C29H30ClN5O/c1-17(2)25-16-34(10-11-35(25)29(36)19-8-9-19)28-21(14-31)12-24(27(33-28)18-6-7-18)22-5-3-4-20-15-32-26(30)13-23(20)22/h3-5,12-13,15,17-19,25H,6-11,16H2,1-2H3. The summed E-state index contributed by atoms with van der Waals surface area (Å²) in [6, 6.07) is 12.6. The van der Waals surface area contributed by atoms with Crippen LogP contribution in [-0.4, -0.2) is 46.5 Å². The Bertz CT molecular complexity index is 1390. The van der Waals surface area contributed by atoms with E-state index in [-0.39, 0.29) is 12.0 Å². The van der Waals surface area contributed by atoms with Crippen molar-refractivity contribution in [3.8, 4) is 17.2 Å². The highest BCUT2D eigenvalue weighted by Gasteiger charge is 2.40. The van der Waals surface area contributed by atoms with Crippen LogP contribution in [0.2, 0.25) is 5.15 Å². The number of nitrogens with zero attached hydrogens (tertiary/aromatic N) is 5.